The van der Waals surface area contributed by atoms with E-state index < -0.39 is 5.60 Å². The lowest BCUT2D eigenvalue weighted by atomic mass is 10.2. The predicted molar refractivity (Wildman–Crippen MR) is 61.2 cm³/mol. The Kier molecular flexibility index (Phi) is 4.10. The molecule has 16 heavy (non-hydrogen) atoms. The van der Waals surface area contributed by atoms with Gasteiger partial charge in [0.2, 0.25) is 0 Å². The highest BCUT2D eigenvalue weighted by atomic mass is 16.6. The maximum absolute atomic E-state index is 11.8. The monoisotopic (exact) mass is 225 g/mol. The maximum Gasteiger partial charge on any atom is 0.410 e. The summed E-state index contributed by atoms with van der Waals surface area (Å²) in [5.41, 5.74) is -0.474. The van der Waals surface area contributed by atoms with Crippen LogP contribution in [0.15, 0.2) is 12.2 Å². The van der Waals surface area contributed by atoms with Crippen molar-refractivity contribution in [3.63, 3.8) is 0 Å². The van der Waals surface area contributed by atoms with E-state index in [1.54, 1.807) is 11.0 Å². The molecular formula is C12H19NO3. The van der Waals surface area contributed by atoms with Gasteiger partial charge in [-0.2, -0.15) is 0 Å². The topological polar surface area (TPSA) is 46.6 Å². The Morgan fingerprint density at radius 2 is 2.12 bits per heavy atom. The van der Waals surface area contributed by atoms with Gasteiger partial charge in [0.05, 0.1) is 6.04 Å². The van der Waals surface area contributed by atoms with Crippen molar-refractivity contribution >= 4 is 12.4 Å². The number of carbonyl (C=O) groups excluding carboxylic acids is 2. The van der Waals surface area contributed by atoms with Gasteiger partial charge in [-0.1, -0.05) is 6.08 Å². The number of nitrogens with zero attached hydrogens (tertiary/aromatic N) is 1. The number of ether oxygens (including phenoxy) is 1. The van der Waals surface area contributed by atoms with E-state index in [0.29, 0.717) is 6.54 Å². The molecule has 90 valence electrons. The first kappa shape index (κ1) is 12.7. The number of rotatable bonds is 2. The average Bonchev–Trinajstić information content (AvgIpc) is 2.59. The molecule has 1 fully saturated rings. The third kappa shape index (κ3) is 3.68. The molecule has 0 aromatic carbocycles. The lowest BCUT2D eigenvalue weighted by Crippen LogP contribution is -2.39. The van der Waals surface area contributed by atoms with Crippen LogP contribution in [-0.4, -0.2) is 35.5 Å². The van der Waals surface area contributed by atoms with E-state index in [1.165, 1.54) is 6.08 Å². The second-order valence-corrected chi connectivity index (χ2v) is 4.90. The molecule has 1 heterocycles. The number of amides is 1. The quantitative estimate of drug-likeness (QED) is 0.534. The van der Waals surface area contributed by atoms with Crippen LogP contribution in [0.1, 0.15) is 33.6 Å². The highest BCUT2D eigenvalue weighted by Crippen LogP contribution is 2.21. The van der Waals surface area contributed by atoms with Crippen LogP contribution in [0.25, 0.3) is 0 Å². The van der Waals surface area contributed by atoms with Crippen LogP contribution in [0.4, 0.5) is 4.79 Å². The van der Waals surface area contributed by atoms with Gasteiger partial charge in [0.15, 0.2) is 0 Å². The Morgan fingerprint density at radius 1 is 1.44 bits per heavy atom. The zero-order valence-electron chi connectivity index (χ0n) is 10.1. The van der Waals surface area contributed by atoms with Crippen molar-refractivity contribution in [2.24, 2.45) is 0 Å². The van der Waals surface area contributed by atoms with Gasteiger partial charge >= 0.3 is 6.09 Å². The molecule has 1 aliphatic rings. The third-order valence-electron chi connectivity index (χ3n) is 2.34. The molecule has 1 saturated heterocycles. The third-order valence-corrected chi connectivity index (χ3v) is 2.34. The van der Waals surface area contributed by atoms with Gasteiger partial charge in [0.1, 0.15) is 11.9 Å². The number of carbonyl (C=O) groups is 2. The minimum Gasteiger partial charge on any atom is -0.444 e. The molecule has 0 aromatic heterocycles. The first-order valence-electron chi connectivity index (χ1n) is 5.55. The molecule has 0 aliphatic carbocycles. The zero-order chi connectivity index (χ0) is 12.2. The number of hydrogen-bond acceptors (Lipinski definition) is 3. The standard InChI is InChI=1S/C12H19NO3/c1-12(2,3)16-11(15)13-8-4-6-10(13)7-5-9-14/h5,7,9-10H,4,6,8H2,1-3H3. The number of aldehydes is 1. The van der Waals surface area contributed by atoms with Crippen LogP contribution in [0.5, 0.6) is 0 Å². The summed E-state index contributed by atoms with van der Waals surface area (Å²) in [5.74, 6) is 0. The van der Waals surface area contributed by atoms with E-state index in [2.05, 4.69) is 0 Å². The SMILES string of the molecule is CC(C)(C)OC(=O)N1CCCC1C=CC=O. The van der Waals surface area contributed by atoms with E-state index in [-0.39, 0.29) is 12.1 Å². The van der Waals surface area contributed by atoms with Crippen molar-refractivity contribution in [3.8, 4) is 0 Å². The van der Waals surface area contributed by atoms with Gasteiger partial charge < -0.3 is 9.64 Å². The van der Waals surface area contributed by atoms with Gasteiger partial charge in [0.25, 0.3) is 0 Å². The van der Waals surface area contributed by atoms with Gasteiger partial charge in [0, 0.05) is 6.54 Å². The van der Waals surface area contributed by atoms with Crippen molar-refractivity contribution < 1.29 is 14.3 Å². The molecule has 1 atom stereocenters. The summed E-state index contributed by atoms with van der Waals surface area (Å²) in [5, 5.41) is 0. The Labute approximate surface area is 96.3 Å². The number of likely N-dealkylation sites (tertiary alicyclic amines) is 1. The lowest BCUT2D eigenvalue weighted by Gasteiger charge is -2.27. The van der Waals surface area contributed by atoms with Gasteiger partial charge in [-0.3, -0.25) is 4.79 Å². The fourth-order valence-electron chi connectivity index (χ4n) is 1.71. The summed E-state index contributed by atoms with van der Waals surface area (Å²) < 4.78 is 5.30. The van der Waals surface area contributed by atoms with Crippen molar-refractivity contribution in [3.05, 3.63) is 12.2 Å². The Morgan fingerprint density at radius 3 is 2.69 bits per heavy atom. The average molecular weight is 225 g/mol. The van der Waals surface area contributed by atoms with Crippen LogP contribution in [-0.2, 0) is 9.53 Å². The van der Waals surface area contributed by atoms with Gasteiger partial charge in [-0.15, -0.1) is 0 Å². The summed E-state index contributed by atoms with van der Waals surface area (Å²) in [6, 6.07) is 0.0000463. The molecule has 0 aromatic rings. The normalized spacial score (nSPS) is 21.4. The van der Waals surface area contributed by atoms with Crippen LogP contribution >= 0.6 is 0 Å². The fraction of sp³-hybridized carbons (Fsp3) is 0.667. The molecular weight excluding hydrogens is 206 g/mol. The summed E-state index contributed by atoms with van der Waals surface area (Å²) in [4.78, 5) is 23.7. The van der Waals surface area contributed by atoms with E-state index >= 15 is 0 Å². The molecule has 0 bridgehead atoms. The highest BCUT2D eigenvalue weighted by molar-refractivity contribution is 5.70. The molecule has 0 saturated carbocycles. The minimum absolute atomic E-state index is 0.0000463. The van der Waals surface area contributed by atoms with Gasteiger partial charge in [-0.05, 0) is 39.7 Å². The van der Waals surface area contributed by atoms with E-state index in [1.807, 2.05) is 20.8 Å². The van der Waals surface area contributed by atoms with Crippen LogP contribution in [0.3, 0.4) is 0 Å². The molecule has 0 spiro atoms. The van der Waals surface area contributed by atoms with E-state index in [0.717, 1.165) is 19.1 Å². The summed E-state index contributed by atoms with van der Waals surface area (Å²) in [7, 11) is 0. The molecule has 1 rings (SSSR count). The largest absolute Gasteiger partial charge is 0.444 e. The first-order valence-corrected chi connectivity index (χ1v) is 5.55. The maximum atomic E-state index is 11.8. The molecule has 1 unspecified atom stereocenters. The van der Waals surface area contributed by atoms with Crippen molar-refractivity contribution in [2.45, 2.75) is 45.3 Å². The van der Waals surface area contributed by atoms with E-state index in [9.17, 15) is 9.59 Å². The second kappa shape index (κ2) is 5.14. The molecule has 1 aliphatic heterocycles. The lowest BCUT2D eigenvalue weighted by molar-refractivity contribution is -0.104. The Bertz CT molecular complexity index is 291. The molecule has 0 radical (unpaired) electrons. The smallest absolute Gasteiger partial charge is 0.410 e. The van der Waals surface area contributed by atoms with Crippen LogP contribution in [0.2, 0.25) is 0 Å². The second-order valence-electron chi connectivity index (χ2n) is 4.90. The number of hydrogen-bond donors (Lipinski definition) is 0. The highest BCUT2D eigenvalue weighted by Gasteiger charge is 2.30. The molecule has 4 heteroatoms. The van der Waals surface area contributed by atoms with Gasteiger partial charge in [-0.25, -0.2) is 4.79 Å². The van der Waals surface area contributed by atoms with Crippen molar-refractivity contribution in [1.82, 2.24) is 4.90 Å². The minimum atomic E-state index is -0.474. The zero-order valence-corrected chi connectivity index (χ0v) is 10.1. The predicted octanol–water partition coefficient (Wildman–Crippen LogP) is 2.14. The fourth-order valence-corrected chi connectivity index (χ4v) is 1.71. The Hall–Kier alpha value is -1.32. The molecule has 4 nitrogen and oxygen atoms in total. The number of allylic oxidation sites excluding steroid dienone is 1. The summed E-state index contributed by atoms with van der Waals surface area (Å²) in [6.45, 7) is 6.23. The molecule has 0 N–H and O–H groups in total. The first-order chi connectivity index (χ1) is 7.44. The van der Waals surface area contributed by atoms with E-state index in [4.69, 9.17) is 4.74 Å². The van der Waals surface area contributed by atoms with Crippen molar-refractivity contribution in [1.29, 1.82) is 0 Å². The van der Waals surface area contributed by atoms with Crippen molar-refractivity contribution in [2.75, 3.05) is 6.54 Å². The van der Waals surface area contributed by atoms with Crippen LogP contribution < -0.4 is 0 Å². The van der Waals surface area contributed by atoms with Crippen LogP contribution in [0, 0.1) is 0 Å². The Balaban J connectivity index is 2.61. The summed E-state index contributed by atoms with van der Waals surface area (Å²) in [6.07, 6.45) is 5.46. The summed E-state index contributed by atoms with van der Waals surface area (Å²) >= 11 is 0. The molecule has 1 amide bonds.